The molecule has 0 radical (unpaired) electrons. The summed E-state index contributed by atoms with van der Waals surface area (Å²) in [6.07, 6.45) is 0. The van der Waals surface area contributed by atoms with Crippen molar-refractivity contribution in [1.29, 1.82) is 0 Å². The van der Waals surface area contributed by atoms with Gasteiger partial charge < -0.3 is 14.0 Å². The Bertz CT molecular complexity index is 865. The molecule has 1 N–H and O–H groups in total. The van der Waals surface area contributed by atoms with Crippen LogP contribution in [-0.4, -0.2) is 33.7 Å². The maximum absolute atomic E-state index is 13.1. The molecule has 6 nitrogen and oxygen atoms in total. The SMILES string of the molecule is CCOC(=O)C(C(=O)c1ccc(CS(=O)O)cc1Cl)c1ccc(OCC)cc1. The molecule has 0 spiro atoms. The standard InChI is InChI=1S/C20H21ClO6S/c1-3-26-15-8-6-14(7-9-15)18(20(23)27-4-2)19(22)16-10-5-13(11-17(16)21)12-28(24)25/h5-11,18H,3-4,12H2,1-2H3,(H,24,25). The highest BCUT2D eigenvalue weighted by Crippen LogP contribution is 2.29. The zero-order valence-electron chi connectivity index (χ0n) is 15.5. The Morgan fingerprint density at radius 2 is 1.79 bits per heavy atom. The first-order valence-electron chi connectivity index (χ1n) is 8.66. The summed E-state index contributed by atoms with van der Waals surface area (Å²) in [4.78, 5) is 25.6. The Kier molecular flexibility index (Phi) is 8.17. The van der Waals surface area contributed by atoms with Gasteiger partial charge in [-0.1, -0.05) is 29.8 Å². The lowest BCUT2D eigenvalue weighted by molar-refractivity contribution is -0.143. The number of esters is 1. The van der Waals surface area contributed by atoms with E-state index in [0.717, 1.165) is 0 Å². The first kappa shape index (κ1) is 22.1. The van der Waals surface area contributed by atoms with Crippen LogP contribution in [0.25, 0.3) is 0 Å². The summed E-state index contributed by atoms with van der Waals surface area (Å²) < 4.78 is 30.4. The van der Waals surface area contributed by atoms with Gasteiger partial charge in [0, 0.05) is 5.56 Å². The first-order valence-corrected chi connectivity index (χ1v) is 10.3. The molecule has 2 unspecified atom stereocenters. The minimum atomic E-state index is -2.02. The van der Waals surface area contributed by atoms with Crippen molar-refractivity contribution in [3.05, 3.63) is 64.2 Å². The van der Waals surface area contributed by atoms with Crippen molar-refractivity contribution in [2.24, 2.45) is 0 Å². The quantitative estimate of drug-likeness (QED) is 0.283. The fourth-order valence-electron chi connectivity index (χ4n) is 2.69. The molecule has 2 atom stereocenters. The van der Waals surface area contributed by atoms with E-state index >= 15 is 0 Å². The molecular formula is C20H21ClO6S. The van der Waals surface area contributed by atoms with Gasteiger partial charge >= 0.3 is 5.97 Å². The molecule has 0 aromatic heterocycles. The zero-order chi connectivity index (χ0) is 20.7. The highest BCUT2D eigenvalue weighted by atomic mass is 35.5. The van der Waals surface area contributed by atoms with Crippen molar-refractivity contribution >= 4 is 34.4 Å². The molecule has 0 amide bonds. The summed E-state index contributed by atoms with van der Waals surface area (Å²) in [6.45, 7) is 4.15. The smallest absolute Gasteiger partial charge is 0.321 e. The topological polar surface area (TPSA) is 89.9 Å². The molecule has 0 fully saturated rings. The van der Waals surface area contributed by atoms with E-state index in [9.17, 15) is 13.8 Å². The predicted octanol–water partition coefficient (Wildman–Crippen LogP) is 3.99. The number of hydrogen-bond acceptors (Lipinski definition) is 5. The van der Waals surface area contributed by atoms with Crippen LogP contribution in [0.5, 0.6) is 5.75 Å². The van der Waals surface area contributed by atoms with Gasteiger partial charge in [-0.2, -0.15) is 0 Å². The molecule has 2 aromatic rings. The number of halogens is 1. The monoisotopic (exact) mass is 424 g/mol. The second kappa shape index (κ2) is 10.4. The Hall–Kier alpha value is -2.22. The number of ketones is 1. The van der Waals surface area contributed by atoms with Crippen molar-refractivity contribution in [1.82, 2.24) is 0 Å². The van der Waals surface area contributed by atoms with E-state index in [2.05, 4.69) is 0 Å². The molecule has 0 saturated carbocycles. The van der Waals surface area contributed by atoms with Crippen LogP contribution >= 0.6 is 11.6 Å². The van der Waals surface area contributed by atoms with Crippen LogP contribution in [0.15, 0.2) is 42.5 Å². The molecule has 0 saturated heterocycles. The van der Waals surface area contributed by atoms with Gasteiger partial charge in [-0.25, -0.2) is 4.21 Å². The molecule has 2 aromatic carbocycles. The molecule has 0 aliphatic carbocycles. The highest BCUT2D eigenvalue weighted by molar-refractivity contribution is 7.78. The van der Waals surface area contributed by atoms with Crippen LogP contribution in [-0.2, 0) is 26.4 Å². The number of ether oxygens (including phenoxy) is 2. The van der Waals surface area contributed by atoms with E-state index in [-0.39, 0.29) is 22.9 Å². The third-order valence-corrected chi connectivity index (χ3v) is 4.79. The van der Waals surface area contributed by atoms with Crippen molar-refractivity contribution < 1.29 is 27.8 Å². The van der Waals surface area contributed by atoms with Crippen LogP contribution in [0.3, 0.4) is 0 Å². The van der Waals surface area contributed by atoms with Crippen LogP contribution in [0.4, 0.5) is 0 Å². The summed E-state index contributed by atoms with van der Waals surface area (Å²) in [6, 6.07) is 11.1. The minimum absolute atomic E-state index is 0.103. The predicted molar refractivity (Wildman–Crippen MR) is 107 cm³/mol. The number of carbonyl (C=O) groups excluding carboxylic acids is 2. The largest absolute Gasteiger partial charge is 0.494 e. The van der Waals surface area contributed by atoms with Crippen LogP contribution in [0.2, 0.25) is 5.02 Å². The molecule has 0 aliphatic heterocycles. The van der Waals surface area contributed by atoms with E-state index in [1.165, 1.54) is 18.2 Å². The normalized spacial score (nSPS) is 12.9. The molecule has 8 heteroatoms. The van der Waals surface area contributed by atoms with Gasteiger partial charge in [0.15, 0.2) is 16.9 Å². The van der Waals surface area contributed by atoms with Gasteiger partial charge in [-0.05, 0) is 49.2 Å². The Labute approximate surface area is 171 Å². The average molecular weight is 425 g/mol. The summed E-state index contributed by atoms with van der Waals surface area (Å²) >= 11 is 4.19. The lowest BCUT2D eigenvalue weighted by atomic mass is 9.90. The lowest BCUT2D eigenvalue weighted by Crippen LogP contribution is -2.24. The highest BCUT2D eigenvalue weighted by Gasteiger charge is 2.32. The maximum Gasteiger partial charge on any atom is 0.321 e. The number of Topliss-reactive ketones (excluding diaryl/α,β-unsaturated/α-hetero) is 1. The van der Waals surface area contributed by atoms with E-state index < -0.39 is 28.8 Å². The maximum atomic E-state index is 13.1. The number of carbonyl (C=O) groups is 2. The van der Waals surface area contributed by atoms with E-state index in [0.29, 0.717) is 23.5 Å². The molecule has 2 rings (SSSR count). The van der Waals surface area contributed by atoms with Crippen molar-refractivity contribution in [3.63, 3.8) is 0 Å². The molecule has 28 heavy (non-hydrogen) atoms. The molecule has 0 bridgehead atoms. The lowest BCUT2D eigenvalue weighted by Gasteiger charge is -2.16. The third-order valence-electron chi connectivity index (χ3n) is 3.90. The Morgan fingerprint density at radius 3 is 2.32 bits per heavy atom. The van der Waals surface area contributed by atoms with E-state index in [1.54, 1.807) is 31.2 Å². The summed E-state index contributed by atoms with van der Waals surface area (Å²) in [5.74, 6) is -1.84. The average Bonchev–Trinajstić information content (AvgIpc) is 2.63. The van der Waals surface area contributed by atoms with Crippen molar-refractivity contribution in [2.45, 2.75) is 25.5 Å². The van der Waals surface area contributed by atoms with Gasteiger partial charge in [0.25, 0.3) is 0 Å². The molecule has 150 valence electrons. The first-order chi connectivity index (χ1) is 13.4. The van der Waals surface area contributed by atoms with Gasteiger partial charge in [-0.15, -0.1) is 0 Å². The fourth-order valence-corrected chi connectivity index (χ4v) is 3.45. The number of rotatable bonds is 9. The summed E-state index contributed by atoms with van der Waals surface area (Å²) in [5.41, 5.74) is 1.11. The second-order valence-corrected chi connectivity index (χ2v) is 7.17. The molecule has 0 aliphatic rings. The number of hydrogen-bond donors (Lipinski definition) is 1. The molecular weight excluding hydrogens is 404 g/mol. The summed E-state index contributed by atoms with van der Waals surface area (Å²) in [7, 11) is 0. The number of benzene rings is 2. The summed E-state index contributed by atoms with van der Waals surface area (Å²) in [5, 5.41) is 0.105. The van der Waals surface area contributed by atoms with Crippen LogP contribution in [0, 0.1) is 0 Å². The second-order valence-electron chi connectivity index (χ2n) is 5.83. The Morgan fingerprint density at radius 1 is 1.11 bits per heavy atom. The Balaban J connectivity index is 2.39. The van der Waals surface area contributed by atoms with Gasteiger partial charge in [0.2, 0.25) is 0 Å². The van der Waals surface area contributed by atoms with Crippen LogP contribution < -0.4 is 4.74 Å². The van der Waals surface area contributed by atoms with Crippen molar-refractivity contribution in [2.75, 3.05) is 13.2 Å². The fraction of sp³-hybridized carbons (Fsp3) is 0.300. The van der Waals surface area contributed by atoms with Gasteiger partial charge in [0.1, 0.15) is 11.7 Å². The minimum Gasteiger partial charge on any atom is -0.494 e. The van der Waals surface area contributed by atoms with Crippen molar-refractivity contribution in [3.8, 4) is 5.75 Å². The molecule has 0 heterocycles. The zero-order valence-corrected chi connectivity index (χ0v) is 17.1. The van der Waals surface area contributed by atoms with Crippen LogP contribution in [0.1, 0.15) is 41.3 Å². The van der Waals surface area contributed by atoms with Gasteiger partial charge in [0.05, 0.1) is 24.0 Å². The van der Waals surface area contributed by atoms with E-state index in [1.807, 2.05) is 6.92 Å². The van der Waals surface area contributed by atoms with E-state index in [4.69, 9.17) is 25.6 Å². The third kappa shape index (κ3) is 5.64. The van der Waals surface area contributed by atoms with Gasteiger partial charge in [-0.3, -0.25) is 9.59 Å².